The highest BCUT2D eigenvalue weighted by Crippen LogP contribution is 2.21. The number of hydrogen-bond acceptors (Lipinski definition) is 3. The van der Waals surface area contributed by atoms with Gasteiger partial charge in [-0.3, -0.25) is 0 Å². The first-order valence-corrected chi connectivity index (χ1v) is 4.69. The van der Waals surface area contributed by atoms with E-state index in [-0.39, 0.29) is 10.6 Å². The van der Waals surface area contributed by atoms with Gasteiger partial charge in [0.1, 0.15) is 5.03 Å². The Bertz CT molecular complexity index is 333. The van der Waals surface area contributed by atoms with Gasteiger partial charge in [-0.15, -0.1) is 0 Å². The Hall–Kier alpha value is -1.17. The molecule has 3 nitrogen and oxygen atoms in total. The van der Waals surface area contributed by atoms with E-state index in [2.05, 4.69) is 4.98 Å². The van der Waals surface area contributed by atoms with Crippen LogP contribution in [0.1, 0.15) is 10.4 Å². The van der Waals surface area contributed by atoms with Crippen LogP contribution in [0.3, 0.4) is 0 Å². The Morgan fingerprint density at radius 2 is 2.36 bits per heavy atom. The molecular weight excluding hydrogens is 212 g/mol. The van der Waals surface area contributed by atoms with Gasteiger partial charge < -0.3 is 5.11 Å². The zero-order chi connectivity index (χ0) is 10.6. The summed E-state index contributed by atoms with van der Waals surface area (Å²) in [5, 5.41) is 8.82. The number of nitrogens with zero attached hydrogens (tertiary/aromatic N) is 1. The van der Waals surface area contributed by atoms with Crippen LogP contribution in [-0.4, -0.2) is 28.2 Å². The van der Waals surface area contributed by atoms with E-state index in [0.29, 0.717) is 0 Å². The Labute approximate surface area is 83.2 Å². The Kier molecular flexibility index (Phi) is 3.82. The third kappa shape index (κ3) is 2.95. The zero-order valence-corrected chi connectivity index (χ0v) is 7.80. The van der Waals surface area contributed by atoms with Crippen LogP contribution in [0.2, 0.25) is 0 Å². The number of hydrogen-bond donors (Lipinski definition) is 1. The maximum Gasteiger partial charge on any atom is 0.338 e. The van der Waals surface area contributed by atoms with Crippen molar-refractivity contribution in [2.75, 3.05) is 5.75 Å². The number of aromatic carboxylic acids is 1. The summed E-state index contributed by atoms with van der Waals surface area (Å²) in [5.41, 5.74) is -0.0434. The monoisotopic (exact) mass is 219 g/mol. The number of carboxylic acid groups (broad SMARTS) is 1. The van der Waals surface area contributed by atoms with E-state index in [1.807, 2.05) is 0 Å². The van der Waals surface area contributed by atoms with Gasteiger partial charge in [-0.05, 0) is 12.1 Å². The third-order valence-electron chi connectivity index (χ3n) is 1.35. The minimum Gasteiger partial charge on any atom is -0.478 e. The molecule has 1 aromatic rings. The first-order valence-electron chi connectivity index (χ1n) is 3.70. The summed E-state index contributed by atoms with van der Waals surface area (Å²) < 4.78 is 23.7. The highest BCUT2D eigenvalue weighted by Gasteiger charge is 2.12. The van der Waals surface area contributed by atoms with Crippen LogP contribution >= 0.6 is 11.8 Å². The Morgan fingerprint density at radius 1 is 1.64 bits per heavy atom. The maximum atomic E-state index is 11.9. The first-order chi connectivity index (χ1) is 6.61. The van der Waals surface area contributed by atoms with Crippen LogP contribution in [0.25, 0.3) is 0 Å². The van der Waals surface area contributed by atoms with E-state index in [0.717, 1.165) is 11.8 Å². The van der Waals surface area contributed by atoms with Crippen molar-refractivity contribution in [2.45, 2.75) is 11.5 Å². The van der Waals surface area contributed by atoms with Crippen LogP contribution in [0.4, 0.5) is 8.78 Å². The zero-order valence-electron chi connectivity index (χ0n) is 6.98. The van der Waals surface area contributed by atoms with Gasteiger partial charge in [0.2, 0.25) is 6.43 Å². The largest absolute Gasteiger partial charge is 0.478 e. The second kappa shape index (κ2) is 4.90. The normalized spacial score (nSPS) is 10.5. The van der Waals surface area contributed by atoms with E-state index in [4.69, 9.17) is 5.11 Å². The number of aromatic nitrogens is 1. The number of thioether (sulfide) groups is 1. The van der Waals surface area contributed by atoms with Crippen LogP contribution in [0, 0.1) is 0 Å². The van der Waals surface area contributed by atoms with E-state index in [1.54, 1.807) is 0 Å². The van der Waals surface area contributed by atoms with Crippen LogP contribution in [-0.2, 0) is 0 Å². The Balaban J connectivity index is 2.79. The second-order valence-corrected chi connectivity index (χ2v) is 3.37. The molecule has 1 rings (SSSR count). The molecule has 0 radical (unpaired) electrons. The molecule has 14 heavy (non-hydrogen) atoms. The fourth-order valence-corrected chi connectivity index (χ4v) is 1.54. The summed E-state index contributed by atoms with van der Waals surface area (Å²) >= 11 is 0.742. The lowest BCUT2D eigenvalue weighted by Gasteiger charge is -2.02. The first kappa shape index (κ1) is 10.9. The highest BCUT2D eigenvalue weighted by atomic mass is 32.2. The molecule has 0 aliphatic rings. The lowest BCUT2D eigenvalue weighted by molar-refractivity contribution is 0.0692. The highest BCUT2D eigenvalue weighted by molar-refractivity contribution is 7.99. The molecule has 0 saturated heterocycles. The van der Waals surface area contributed by atoms with Crippen molar-refractivity contribution >= 4 is 17.7 Å². The molecule has 0 saturated carbocycles. The number of halogens is 2. The van der Waals surface area contributed by atoms with Crippen molar-refractivity contribution in [1.82, 2.24) is 4.98 Å². The molecular formula is C8H7F2NO2S. The number of alkyl halides is 2. The van der Waals surface area contributed by atoms with Gasteiger partial charge in [-0.25, -0.2) is 18.6 Å². The summed E-state index contributed by atoms with van der Waals surface area (Å²) in [5.74, 6) is -1.60. The maximum absolute atomic E-state index is 11.9. The van der Waals surface area contributed by atoms with Crippen molar-refractivity contribution in [2.24, 2.45) is 0 Å². The number of rotatable bonds is 4. The molecule has 0 aromatic carbocycles. The molecule has 0 amide bonds. The van der Waals surface area contributed by atoms with E-state index in [1.165, 1.54) is 18.3 Å². The van der Waals surface area contributed by atoms with Gasteiger partial charge in [-0.2, -0.15) is 0 Å². The predicted octanol–water partition coefficient (Wildman–Crippen LogP) is 2.14. The molecule has 0 spiro atoms. The SMILES string of the molecule is O=C(O)c1cccnc1SCC(F)F. The second-order valence-electron chi connectivity index (χ2n) is 2.36. The predicted molar refractivity (Wildman–Crippen MR) is 47.9 cm³/mol. The molecule has 1 aromatic heterocycles. The molecule has 76 valence electrons. The third-order valence-corrected chi connectivity index (χ3v) is 2.37. The molecule has 0 fully saturated rings. The number of carbonyl (C=O) groups is 1. The standard InChI is InChI=1S/C8H7F2NO2S/c9-6(10)4-14-7-5(8(12)13)2-1-3-11-7/h1-3,6H,4H2,(H,12,13). The van der Waals surface area contributed by atoms with Crippen molar-refractivity contribution < 1.29 is 18.7 Å². The molecule has 0 bridgehead atoms. The number of pyridine rings is 1. The van der Waals surface area contributed by atoms with E-state index >= 15 is 0 Å². The van der Waals surface area contributed by atoms with Crippen molar-refractivity contribution in [3.05, 3.63) is 23.9 Å². The minimum absolute atomic E-state index is 0.0434. The van der Waals surface area contributed by atoms with E-state index in [9.17, 15) is 13.6 Å². The van der Waals surface area contributed by atoms with Gasteiger partial charge in [0.25, 0.3) is 0 Å². The van der Waals surface area contributed by atoms with Gasteiger partial charge in [-0.1, -0.05) is 11.8 Å². The van der Waals surface area contributed by atoms with Gasteiger partial charge in [0.05, 0.1) is 11.3 Å². The summed E-state index contributed by atoms with van der Waals surface area (Å²) in [6.07, 6.45) is -1.09. The fraction of sp³-hybridized carbons (Fsp3) is 0.250. The van der Waals surface area contributed by atoms with Crippen molar-refractivity contribution in [3.8, 4) is 0 Å². The number of carboxylic acids is 1. The average Bonchev–Trinajstić information content (AvgIpc) is 2.15. The molecule has 1 N–H and O–H groups in total. The molecule has 1 heterocycles. The molecule has 0 aliphatic heterocycles. The van der Waals surface area contributed by atoms with Crippen LogP contribution < -0.4 is 0 Å². The van der Waals surface area contributed by atoms with Gasteiger partial charge >= 0.3 is 5.97 Å². The molecule has 0 unspecified atom stereocenters. The van der Waals surface area contributed by atoms with Crippen LogP contribution in [0.15, 0.2) is 23.4 Å². The van der Waals surface area contributed by atoms with Gasteiger partial charge in [0, 0.05) is 6.20 Å². The quantitative estimate of drug-likeness (QED) is 0.788. The molecule has 0 atom stereocenters. The molecule has 0 aliphatic carbocycles. The lowest BCUT2D eigenvalue weighted by atomic mass is 10.3. The molecule has 6 heteroatoms. The topological polar surface area (TPSA) is 50.2 Å². The van der Waals surface area contributed by atoms with E-state index < -0.39 is 18.1 Å². The average molecular weight is 219 g/mol. The summed E-state index contributed by atoms with van der Waals surface area (Å²) in [6.45, 7) is 0. The Morgan fingerprint density at radius 3 is 2.93 bits per heavy atom. The van der Waals surface area contributed by atoms with Crippen molar-refractivity contribution in [1.29, 1.82) is 0 Å². The summed E-state index contributed by atoms with van der Waals surface area (Å²) in [7, 11) is 0. The van der Waals surface area contributed by atoms with Crippen LogP contribution in [0.5, 0.6) is 0 Å². The summed E-state index contributed by atoms with van der Waals surface area (Å²) in [4.78, 5) is 14.3. The fourth-order valence-electron chi connectivity index (χ4n) is 0.811. The lowest BCUT2D eigenvalue weighted by Crippen LogP contribution is -2.02. The van der Waals surface area contributed by atoms with Crippen molar-refractivity contribution in [3.63, 3.8) is 0 Å². The summed E-state index contributed by atoms with van der Waals surface area (Å²) in [6, 6.07) is 2.79. The smallest absolute Gasteiger partial charge is 0.338 e. The van der Waals surface area contributed by atoms with Gasteiger partial charge in [0.15, 0.2) is 0 Å². The minimum atomic E-state index is -2.47.